The van der Waals surface area contributed by atoms with Crippen molar-refractivity contribution in [2.75, 3.05) is 34.3 Å². The van der Waals surface area contributed by atoms with Crippen LogP contribution in [0.4, 0.5) is 0 Å². The molecular formula is C23H25BrN2O4. The summed E-state index contributed by atoms with van der Waals surface area (Å²) in [5.74, 6) is -0.827. The molecule has 0 saturated carbocycles. The number of halogens is 1. The molecule has 0 aliphatic carbocycles. The zero-order chi connectivity index (χ0) is 21.8. The lowest BCUT2D eigenvalue weighted by atomic mass is 9.95. The number of aliphatic hydroxyl groups excluding tert-OH is 1. The lowest BCUT2D eigenvalue weighted by Gasteiger charge is -2.26. The van der Waals surface area contributed by atoms with Crippen LogP contribution in [0, 0.1) is 0 Å². The third-order valence-corrected chi connectivity index (χ3v) is 5.60. The second kappa shape index (κ2) is 9.45. The van der Waals surface area contributed by atoms with E-state index in [1.165, 1.54) is 0 Å². The Hall–Kier alpha value is -2.64. The number of amides is 1. The van der Waals surface area contributed by atoms with Crippen molar-refractivity contribution < 1.29 is 19.4 Å². The highest BCUT2D eigenvalue weighted by Gasteiger charge is 2.45. The van der Waals surface area contributed by atoms with E-state index in [-0.39, 0.29) is 11.3 Å². The molecule has 0 unspecified atom stereocenters. The van der Waals surface area contributed by atoms with Crippen molar-refractivity contribution in [3.63, 3.8) is 0 Å². The molecule has 0 aromatic heterocycles. The van der Waals surface area contributed by atoms with Gasteiger partial charge in [0.1, 0.15) is 11.5 Å². The maximum absolute atomic E-state index is 13.0. The Morgan fingerprint density at radius 2 is 1.87 bits per heavy atom. The van der Waals surface area contributed by atoms with Gasteiger partial charge >= 0.3 is 0 Å². The second-order valence-electron chi connectivity index (χ2n) is 7.43. The number of ketones is 1. The molecule has 2 aromatic carbocycles. The topological polar surface area (TPSA) is 70.1 Å². The molecule has 158 valence electrons. The van der Waals surface area contributed by atoms with Crippen LogP contribution in [0.3, 0.4) is 0 Å². The predicted molar refractivity (Wildman–Crippen MR) is 119 cm³/mol. The van der Waals surface area contributed by atoms with E-state index in [0.29, 0.717) is 24.3 Å². The van der Waals surface area contributed by atoms with Gasteiger partial charge in [0.05, 0.1) is 18.7 Å². The van der Waals surface area contributed by atoms with E-state index < -0.39 is 17.7 Å². The van der Waals surface area contributed by atoms with E-state index in [0.717, 1.165) is 16.6 Å². The van der Waals surface area contributed by atoms with Crippen molar-refractivity contribution in [3.8, 4) is 5.75 Å². The highest BCUT2D eigenvalue weighted by molar-refractivity contribution is 9.10. The average Bonchev–Trinajstić information content (AvgIpc) is 2.98. The Labute approximate surface area is 184 Å². The van der Waals surface area contributed by atoms with E-state index in [4.69, 9.17) is 4.74 Å². The van der Waals surface area contributed by atoms with Crippen molar-refractivity contribution in [3.05, 3.63) is 69.7 Å². The van der Waals surface area contributed by atoms with Gasteiger partial charge in [-0.25, -0.2) is 0 Å². The summed E-state index contributed by atoms with van der Waals surface area (Å²) in [6, 6.07) is 13.6. The van der Waals surface area contributed by atoms with E-state index in [1.54, 1.807) is 48.4 Å². The Bertz CT molecular complexity index is 969. The molecule has 6 nitrogen and oxygen atoms in total. The number of rotatable bonds is 7. The maximum Gasteiger partial charge on any atom is 0.295 e. The van der Waals surface area contributed by atoms with Crippen molar-refractivity contribution in [2.24, 2.45) is 0 Å². The summed E-state index contributed by atoms with van der Waals surface area (Å²) in [6.07, 6.45) is 0.707. The Kier molecular flexibility index (Phi) is 6.95. The number of methoxy groups -OCH3 is 1. The number of carbonyl (C=O) groups is 2. The standard InChI is InChI=1S/C23H25BrN2O4/c1-25(2)12-5-13-26-20(16-6-4-7-18(14-16)30-3)19(22(28)23(26)29)21(27)15-8-10-17(24)11-9-15/h4,6-11,14,20,27H,5,12-13H2,1-3H3/t20-/m0/s1. The normalized spacial score (nSPS) is 18.3. The number of Topliss-reactive ketones (excluding diaryl/α,β-unsaturated/α-hetero) is 1. The summed E-state index contributed by atoms with van der Waals surface area (Å²) in [5, 5.41) is 11.0. The fraction of sp³-hybridized carbons (Fsp3) is 0.304. The highest BCUT2D eigenvalue weighted by atomic mass is 79.9. The molecule has 1 aliphatic heterocycles. The Morgan fingerprint density at radius 3 is 2.50 bits per heavy atom. The van der Waals surface area contributed by atoms with Crippen LogP contribution in [0.15, 0.2) is 58.6 Å². The van der Waals surface area contributed by atoms with Crippen LogP contribution < -0.4 is 4.74 Å². The van der Waals surface area contributed by atoms with Crippen molar-refractivity contribution >= 4 is 33.4 Å². The fourth-order valence-electron chi connectivity index (χ4n) is 3.59. The van der Waals surface area contributed by atoms with Crippen LogP contribution in [0.1, 0.15) is 23.6 Å². The van der Waals surface area contributed by atoms with Gasteiger partial charge in [0.2, 0.25) is 0 Å². The van der Waals surface area contributed by atoms with Gasteiger partial charge in [-0.05, 0) is 56.9 Å². The monoisotopic (exact) mass is 472 g/mol. The minimum Gasteiger partial charge on any atom is -0.507 e. The number of likely N-dealkylation sites (tertiary alicyclic amines) is 1. The van der Waals surface area contributed by atoms with Crippen LogP contribution in [0.25, 0.3) is 5.76 Å². The van der Waals surface area contributed by atoms with Gasteiger partial charge in [-0.3, -0.25) is 9.59 Å². The zero-order valence-corrected chi connectivity index (χ0v) is 18.8. The molecule has 2 aromatic rings. The van der Waals surface area contributed by atoms with Crippen molar-refractivity contribution in [1.82, 2.24) is 9.80 Å². The van der Waals surface area contributed by atoms with Crippen LogP contribution in [-0.2, 0) is 9.59 Å². The summed E-state index contributed by atoms with van der Waals surface area (Å²) >= 11 is 3.37. The first-order valence-corrected chi connectivity index (χ1v) is 10.5. The van der Waals surface area contributed by atoms with Crippen molar-refractivity contribution in [1.29, 1.82) is 0 Å². The first kappa shape index (κ1) is 22.1. The summed E-state index contributed by atoms with van der Waals surface area (Å²) in [6.45, 7) is 1.18. The number of hydrogen-bond donors (Lipinski definition) is 1. The number of ether oxygens (including phenoxy) is 1. The summed E-state index contributed by atoms with van der Waals surface area (Å²) in [5.41, 5.74) is 1.30. The molecule has 0 radical (unpaired) electrons. The number of benzene rings is 2. The van der Waals surface area contributed by atoms with Gasteiger partial charge in [0.15, 0.2) is 0 Å². The van der Waals surface area contributed by atoms with Gasteiger partial charge in [-0.15, -0.1) is 0 Å². The predicted octanol–water partition coefficient (Wildman–Crippen LogP) is 3.83. The molecule has 1 aliphatic rings. The lowest BCUT2D eigenvalue weighted by molar-refractivity contribution is -0.139. The van der Waals surface area contributed by atoms with Crippen LogP contribution >= 0.6 is 15.9 Å². The summed E-state index contributed by atoms with van der Waals surface area (Å²) in [4.78, 5) is 29.4. The Morgan fingerprint density at radius 1 is 1.17 bits per heavy atom. The third kappa shape index (κ3) is 4.57. The molecule has 30 heavy (non-hydrogen) atoms. The Balaban J connectivity index is 2.10. The second-order valence-corrected chi connectivity index (χ2v) is 8.35. The SMILES string of the molecule is COc1cccc([C@H]2C(=C(O)c3ccc(Br)cc3)C(=O)C(=O)N2CCCN(C)C)c1. The zero-order valence-electron chi connectivity index (χ0n) is 17.3. The smallest absolute Gasteiger partial charge is 0.295 e. The van der Waals surface area contributed by atoms with Crippen LogP contribution in [0.2, 0.25) is 0 Å². The molecule has 3 rings (SSSR count). The third-order valence-electron chi connectivity index (χ3n) is 5.07. The molecule has 1 N–H and O–H groups in total. The summed E-state index contributed by atoms with van der Waals surface area (Å²) in [7, 11) is 5.48. The summed E-state index contributed by atoms with van der Waals surface area (Å²) < 4.78 is 6.18. The van der Waals surface area contributed by atoms with Gasteiger partial charge in [0.25, 0.3) is 11.7 Å². The van der Waals surface area contributed by atoms with Gasteiger partial charge < -0.3 is 19.6 Å². The molecule has 7 heteroatoms. The molecule has 1 amide bonds. The average molecular weight is 473 g/mol. The lowest BCUT2D eigenvalue weighted by Crippen LogP contribution is -2.32. The molecule has 0 spiro atoms. The molecule has 1 fully saturated rings. The molecule has 1 atom stereocenters. The van der Waals surface area contributed by atoms with Crippen molar-refractivity contribution in [2.45, 2.75) is 12.5 Å². The quantitative estimate of drug-likeness (QED) is 0.376. The largest absolute Gasteiger partial charge is 0.507 e. The van der Waals surface area contributed by atoms with Crippen LogP contribution in [-0.4, -0.2) is 60.9 Å². The molecular weight excluding hydrogens is 448 g/mol. The van der Waals surface area contributed by atoms with E-state index in [2.05, 4.69) is 15.9 Å². The minimum absolute atomic E-state index is 0.0976. The number of aliphatic hydroxyl groups is 1. The van der Waals surface area contributed by atoms with E-state index in [9.17, 15) is 14.7 Å². The van der Waals surface area contributed by atoms with Gasteiger partial charge in [-0.2, -0.15) is 0 Å². The highest BCUT2D eigenvalue weighted by Crippen LogP contribution is 2.40. The van der Waals surface area contributed by atoms with Gasteiger partial charge in [0, 0.05) is 16.6 Å². The fourth-order valence-corrected chi connectivity index (χ4v) is 3.85. The minimum atomic E-state index is -0.675. The molecule has 1 saturated heterocycles. The first-order chi connectivity index (χ1) is 14.3. The maximum atomic E-state index is 13.0. The number of nitrogens with zero attached hydrogens (tertiary/aromatic N) is 2. The molecule has 1 heterocycles. The molecule has 0 bridgehead atoms. The van der Waals surface area contributed by atoms with E-state index >= 15 is 0 Å². The van der Waals surface area contributed by atoms with Gasteiger partial charge in [-0.1, -0.05) is 40.2 Å². The number of carbonyl (C=O) groups excluding carboxylic acids is 2. The van der Waals surface area contributed by atoms with Crippen LogP contribution in [0.5, 0.6) is 5.75 Å². The number of hydrogen-bond acceptors (Lipinski definition) is 5. The first-order valence-electron chi connectivity index (χ1n) is 9.66. The van der Waals surface area contributed by atoms with E-state index in [1.807, 2.05) is 31.1 Å².